The maximum Gasteiger partial charge on any atom is 0.220 e. The van der Waals surface area contributed by atoms with Gasteiger partial charge in [0.25, 0.3) is 0 Å². The maximum absolute atomic E-state index is 12.0. The Bertz CT molecular complexity index is 284. The van der Waals surface area contributed by atoms with Crippen molar-refractivity contribution in [1.29, 1.82) is 0 Å². The van der Waals surface area contributed by atoms with Crippen LogP contribution in [0.25, 0.3) is 0 Å². The van der Waals surface area contributed by atoms with Gasteiger partial charge in [0, 0.05) is 13.0 Å². The van der Waals surface area contributed by atoms with E-state index in [1.165, 1.54) is 51.4 Å². The number of nitrogens with one attached hydrogen (secondary N) is 1. The van der Waals surface area contributed by atoms with Crippen LogP contribution in [0.3, 0.4) is 0 Å². The molecule has 0 aromatic carbocycles. The second kappa shape index (κ2) is 8.89. The van der Waals surface area contributed by atoms with E-state index in [0.29, 0.717) is 13.0 Å². The Kier molecular flexibility index (Phi) is 7.90. The van der Waals surface area contributed by atoms with Crippen LogP contribution in [0, 0.1) is 5.92 Å². The van der Waals surface area contributed by atoms with E-state index >= 15 is 0 Å². The van der Waals surface area contributed by atoms with Crippen LogP contribution in [-0.2, 0) is 4.79 Å². The van der Waals surface area contributed by atoms with E-state index in [1.807, 2.05) is 0 Å². The van der Waals surface area contributed by atoms with Crippen molar-refractivity contribution in [3.8, 4) is 0 Å². The molecule has 0 bridgehead atoms. The predicted octanol–water partition coefficient (Wildman–Crippen LogP) is 3.55. The molecule has 2 saturated carbocycles. The summed E-state index contributed by atoms with van der Waals surface area (Å²) in [6.07, 6.45) is 14.5. The van der Waals surface area contributed by atoms with Gasteiger partial charge in [0.15, 0.2) is 0 Å². The zero-order chi connectivity index (χ0) is 13.6. The first-order valence-electron chi connectivity index (χ1n) is 8.25. The van der Waals surface area contributed by atoms with E-state index in [2.05, 4.69) is 5.32 Å². The van der Waals surface area contributed by atoms with E-state index in [-0.39, 0.29) is 23.9 Å². The molecule has 0 spiro atoms. The highest BCUT2D eigenvalue weighted by Gasteiger charge is 2.33. The van der Waals surface area contributed by atoms with E-state index in [1.54, 1.807) is 0 Å². The SMILES string of the molecule is Cl.NCC1(NC(=O)CCCC2CCCCC2)CCCC1. The number of hydrogen-bond acceptors (Lipinski definition) is 2. The predicted molar refractivity (Wildman–Crippen MR) is 86.1 cm³/mol. The molecule has 3 N–H and O–H groups in total. The molecule has 0 radical (unpaired) electrons. The van der Waals surface area contributed by atoms with Crippen LogP contribution in [0.2, 0.25) is 0 Å². The highest BCUT2D eigenvalue weighted by molar-refractivity contribution is 5.85. The van der Waals surface area contributed by atoms with Crippen molar-refractivity contribution in [2.24, 2.45) is 11.7 Å². The molecule has 2 aliphatic rings. The second-order valence-electron chi connectivity index (χ2n) is 6.64. The lowest BCUT2D eigenvalue weighted by Crippen LogP contribution is -2.51. The Morgan fingerprint density at radius 2 is 1.75 bits per heavy atom. The van der Waals surface area contributed by atoms with Crippen LogP contribution < -0.4 is 11.1 Å². The van der Waals surface area contributed by atoms with Crippen LogP contribution in [0.4, 0.5) is 0 Å². The summed E-state index contributed by atoms with van der Waals surface area (Å²) in [6.45, 7) is 0.599. The van der Waals surface area contributed by atoms with Crippen molar-refractivity contribution in [3.63, 3.8) is 0 Å². The Balaban J connectivity index is 0.00000200. The summed E-state index contributed by atoms with van der Waals surface area (Å²) in [5.74, 6) is 1.11. The van der Waals surface area contributed by atoms with Gasteiger partial charge >= 0.3 is 0 Å². The number of amides is 1. The quantitative estimate of drug-likeness (QED) is 0.788. The molecule has 0 saturated heterocycles. The van der Waals surface area contributed by atoms with E-state index in [9.17, 15) is 4.79 Å². The highest BCUT2D eigenvalue weighted by atomic mass is 35.5. The van der Waals surface area contributed by atoms with Gasteiger partial charge in [-0.3, -0.25) is 4.79 Å². The molecule has 2 fully saturated rings. The molecule has 3 nitrogen and oxygen atoms in total. The first kappa shape index (κ1) is 17.8. The van der Waals surface area contributed by atoms with Gasteiger partial charge in [-0.2, -0.15) is 0 Å². The van der Waals surface area contributed by atoms with E-state index in [4.69, 9.17) is 5.73 Å². The molecule has 0 aliphatic heterocycles. The molecule has 4 heteroatoms. The second-order valence-corrected chi connectivity index (χ2v) is 6.64. The van der Waals surface area contributed by atoms with Gasteiger partial charge in [-0.05, 0) is 31.6 Å². The van der Waals surface area contributed by atoms with E-state index < -0.39 is 0 Å². The third-order valence-electron chi connectivity index (χ3n) is 5.10. The van der Waals surface area contributed by atoms with Crippen LogP contribution in [0.1, 0.15) is 77.0 Å². The van der Waals surface area contributed by atoms with Gasteiger partial charge in [0.05, 0.1) is 5.54 Å². The average Bonchev–Trinajstić information content (AvgIpc) is 2.89. The zero-order valence-corrected chi connectivity index (χ0v) is 13.5. The summed E-state index contributed by atoms with van der Waals surface area (Å²) >= 11 is 0. The summed E-state index contributed by atoms with van der Waals surface area (Å²) < 4.78 is 0. The van der Waals surface area contributed by atoms with Crippen molar-refractivity contribution in [2.45, 2.75) is 82.6 Å². The van der Waals surface area contributed by atoms with Crippen LogP contribution in [0.5, 0.6) is 0 Å². The van der Waals surface area contributed by atoms with Gasteiger partial charge in [-0.1, -0.05) is 44.9 Å². The number of hydrogen-bond donors (Lipinski definition) is 2. The number of nitrogens with two attached hydrogens (primary N) is 1. The molecule has 0 heterocycles. The van der Waals surface area contributed by atoms with E-state index in [0.717, 1.165) is 25.2 Å². The molecule has 2 rings (SSSR count). The Labute approximate surface area is 129 Å². The van der Waals surface area contributed by atoms with Gasteiger partial charge in [-0.25, -0.2) is 0 Å². The van der Waals surface area contributed by atoms with Crippen molar-refractivity contribution >= 4 is 18.3 Å². The molecule has 118 valence electrons. The summed E-state index contributed by atoms with van der Waals surface area (Å²) in [6, 6.07) is 0. The van der Waals surface area contributed by atoms with Gasteiger partial charge in [0.2, 0.25) is 5.91 Å². The largest absolute Gasteiger partial charge is 0.349 e. The molecular formula is C16H31ClN2O. The number of carbonyl (C=O) groups is 1. The smallest absolute Gasteiger partial charge is 0.220 e. The monoisotopic (exact) mass is 302 g/mol. The normalized spacial score (nSPS) is 22.2. The Morgan fingerprint density at radius 3 is 2.35 bits per heavy atom. The topological polar surface area (TPSA) is 55.1 Å². The first-order chi connectivity index (χ1) is 9.24. The van der Waals surface area contributed by atoms with Crippen molar-refractivity contribution in [3.05, 3.63) is 0 Å². The first-order valence-corrected chi connectivity index (χ1v) is 8.25. The minimum Gasteiger partial charge on any atom is -0.349 e. The van der Waals surface area contributed by atoms with Gasteiger partial charge < -0.3 is 11.1 Å². The third-order valence-corrected chi connectivity index (χ3v) is 5.10. The van der Waals surface area contributed by atoms with Crippen LogP contribution in [0.15, 0.2) is 0 Å². The fourth-order valence-electron chi connectivity index (χ4n) is 3.82. The number of halogens is 1. The van der Waals surface area contributed by atoms with Crippen molar-refractivity contribution in [1.82, 2.24) is 5.32 Å². The lowest BCUT2D eigenvalue weighted by molar-refractivity contribution is -0.123. The van der Waals surface area contributed by atoms with Crippen LogP contribution in [-0.4, -0.2) is 18.0 Å². The molecule has 0 aromatic heterocycles. The summed E-state index contributed by atoms with van der Waals surface area (Å²) in [5.41, 5.74) is 5.78. The molecule has 0 atom stereocenters. The number of rotatable bonds is 6. The minimum absolute atomic E-state index is 0. The standard InChI is InChI=1S/C16H30N2O.ClH/c17-13-16(11-4-5-12-16)18-15(19)10-6-9-14-7-2-1-3-8-14;/h14H,1-13,17H2,(H,18,19);1H. The highest BCUT2D eigenvalue weighted by Crippen LogP contribution is 2.29. The maximum atomic E-state index is 12.0. The van der Waals surface area contributed by atoms with Crippen molar-refractivity contribution in [2.75, 3.05) is 6.54 Å². The molecule has 20 heavy (non-hydrogen) atoms. The molecular weight excluding hydrogens is 272 g/mol. The summed E-state index contributed by atoms with van der Waals surface area (Å²) in [4.78, 5) is 12.0. The van der Waals surface area contributed by atoms with Crippen molar-refractivity contribution < 1.29 is 4.79 Å². The molecule has 0 unspecified atom stereocenters. The average molecular weight is 303 g/mol. The molecule has 2 aliphatic carbocycles. The lowest BCUT2D eigenvalue weighted by Gasteiger charge is -2.29. The zero-order valence-electron chi connectivity index (χ0n) is 12.7. The summed E-state index contributed by atoms with van der Waals surface area (Å²) in [5, 5.41) is 3.22. The fourth-order valence-corrected chi connectivity index (χ4v) is 3.82. The Hall–Kier alpha value is -0.280. The summed E-state index contributed by atoms with van der Waals surface area (Å²) in [7, 11) is 0. The fraction of sp³-hybridized carbons (Fsp3) is 0.938. The number of carbonyl (C=O) groups excluding carboxylic acids is 1. The minimum atomic E-state index is -0.0675. The lowest BCUT2D eigenvalue weighted by atomic mass is 9.86. The Morgan fingerprint density at radius 1 is 1.10 bits per heavy atom. The van der Waals surface area contributed by atoms with Gasteiger partial charge in [0.1, 0.15) is 0 Å². The third kappa shape index (κ3) is 5.25. The van der Waals surface area contributed by atoms with Crippen LogP contribution >= 0.6 is 12.4 Å². The molecule has 0 aromatic rings. The molecule has 1 amide bonds. The van der Waals surface area contributed by atoms with Gasteiger partial charge in [-0.15, -0.1) is 12.4 Å².